The summed E-state index contributed by atoms with van der Waals surface area (Å²) < 4.78 is 69.8. The summed E-state index contributed by atoms with van der Waals surface area (Å²) in [4.78, 5) is 43.4. The number of carbonyl (C=O) groups excluding carboxylic acids is 1. The van der Waals surface area contributed by atoms with Gasteiger partial charge >= 0.3 is 0 Å². The van der Waals surface area contributed by atoms with E-state index in [9.17, 15) is 27.7 Å². The van der Waals surface area contributed by atoms with Gasteiger partial charge in [0.25, 0.3) is 21.6 Å². The number of halogens is 2. The van der Waals surface area contributed by atoms with Crippen LogP contribution in [-0.4, -0.2) is 124 Å². The Labute approximate surface area is 463 Å². The van der Waals surface area contributed by atoms with Crippen molar-refractivity contribution in [2.75, 3.05) is 85.7 Å². The third kappa shape index (κ3) is 10.6. The van der Waals surface area contributed by atoms with Gasteiger partial charge in [-0.15, -0.1) is 0 Å². The van der Waals surface area contributed by atoms with E-state index in [1.165, 1.54) is 18.2 Å². The monoisotopic (exact) mass is 1120 g/mol. The highest BCUT2D eigenvalue weighted by atomic mass is 35.5. The van der Waals surface area contributed by atoms with Crippen LogP contribution in [0.2, 0.25) is 5.02 Å². The Morgan fingerprint density at radius 3 is 2.48 bits per heavy atom. The number of benzene rings is 4. The molecule has 0 bridgehead atoms. The fraction of sp³-hybridized carbons (Fsp3) is 0.448. The smallest absolute Gasteiger partial charge is 0.293 e. The van der Waals surface area contributed by atoms with E-state index in [0.717, 1.165) is 98.8 Å². The normalized spacial score (nSPS) is 21.8. The minimum absolute atomic E-state index is 0.00628. The Morgan fingerprint density at radius 2 is 1.70 bits per heavy atom. The molecule has 79 heavy (non-hydrogen) atoms. The van der Waals surface area contributed by atoms with Crippen LogP contribution in [0.5, 0.6) is 11.6 Å². The topological polar surface area (TPSA) is 197 Å². The van der Waals surface area contributed by atoms with E-state index < -0.39 is 43.4 Å². The molecule has 21 heteroatoms. The van der Waals surface area contributed by atoms with Gasteiger partial charge in [-0.2, -0.15) is 4.98 Å². The zero-order chi connectivity index (χ0) is 54.6. The molecule has 1 spiro atoms. The molecule has 1 amide bonds. The minimum Gasteiger partial charge on any atom is -0.491 e. The molecular weight excluding hydrogens is 1050 g/mol. The molecule has 1 aliphatic carbocycles. The number of sulfonamides is 1. The van der Waals surface area contributed by atoms with E-state index in [-0.39, 0.29) is 52.4 Å². The SMILES string of the molecule is CC(C)Oc1ccccc1[C@H]1CN(c2ccc(Cl)c(F)c2)CCN1C1CC2(CCN(c3ccc(C(=O)NS(=O)(=O)c4ccc(NCC5CCOCC5)c([N+](=O)[O-])c4)c(N4c5cc6cc[nH]c6nc5O[C@H]5COCC[C@@H]54)c3)CC2)C1. The second kappa shape index (κ2) is 21.7. The van der Waals surface area contributed by atoms with Gasteiger partial charge in [-0.3, -0.25) is 19.8 Å². The van der Waals surface area contributed by atoms with Crippen LogP contribution in [0.3, 0.4) is 0 Å². The molecular formula is C58H65ClFN9O9S. The molecule has 12 rings (SSSR count). The molecule has 3 atom stereocenters. The molecule has 18 nitrogen and oxygen atoms in total. The van der Waals surface area contributed by atoms with Crippen LogP contribution in [0.1, 0.15) is 80.8 Å². The van der Waals surface area contributed by atoms with Crippen molar-refractivity contribution >= 4 is 72.7 Å². The van der Waals surface area contributed by atoms with Crippen molar-refractivity contribution in [3.8, 4) is 11.6 Å². The van der Waals surface area contributed by atoms with Gasteiger partial charge in [-0.25, -0.2) is 17.5 Å². The summed E-state index contributed by atoms with van der Waals surface area (Å²) in [5, 5.41) is 16.4. The van der Waals surface area contributed by atoms with Crippen molar-refractivity contribution in [1.29, 1.82) is 0 Å². The number of anilines is 5. The first-order valence-corrected chi connectivity index (χ1v) is 29.3. The van der Waals surface area contributed by atoms with Crippen molar-refractivity contribution in [3.05, 3.63) is 129 Å². The molecule has 6 aliphatic rings. The van der Waals surface area contributed by atoms with Crippen LogP contribution >= 0.6 is 11.6 Å². The molecule has 5 aliphatic heterocycles. The number of nitrogens with zero attached hydrogens (tertiary/aromatic N) is 6. The molecule has 7 heterocycles. The molecule has 5 fully saturated rings. The summed E-state index contributed by atoms with van der Waals surface area (Å²) in [6, 6.07) is 26.4. The van der Waals surface area contributed by atoms with Crippen molar-refractivity contribution in [3.63, 3.8) is 0 Å². The van der Waals surface area contributed by atoms with Gasteiger partial charge in [0.1, 0.15) is 34.7 Å². The number of fused-ring (bicyclic) bond motifs is 3. The number of aromatic amines is 1. The van der Waals surface area contributed by atoms with Gasteiger partial charge in [-0.1, -0.05) is 29.8 Å². The quantitative estimate of drug-likeness (QED) is 0.0688. The third-order valence-electron chi connectivity index (χ3n) is 17.0. The number of amides is 1. The molecule has 0 radical (unpaired) electrons. The van der Waals surface area contributed by atoms with E-state index in [1.807, 2.05) is 56.3 Å². The van der Waals surface area contributed by atoms with Crippen LogP contribution in [0.15, 0.2) is 102 Å². The lowest BCUT2D eigenvalue weighted by molar-refractivity contribution is -0.384. The van der Waals surface area contributed by atoms with Crippen molar-refractivity contribution in [2.45, 2.75) is 94.0 Å². The van der Waals surface area contributed by atoms with E-state index in [1.54, 1.807) is 18.3 Å². The zero-order valence-electron chi connectivity index (χ0n) is 44.2. The average molecular weight is 1120 g/mol. The number of ether oxygens (including phenoxy) is 4. The zero-order valence-corrected chi connectivity index (χ0v) is 45.8. The lowest BCUT2D eigenvalue weighted by atomic mass is 9.59. The van der Waals surface area contributed by atoms with Gasteiger partial charge in [0, 0.05) is 99.7 Å². The number of pyridine rings is 1. The van der Waals surface area contributed by atoms with Crippen LogP contribution in [0.4, 0.5) is 38.5 Å². The molecule has 2 aromatic heterocycles. The third-order valence-corrected chi connectivity index (χ3v) is 18.7. The maximum Gasteiger partial charge on any atom is 0.293 e. The number of hydrogen-bond acceptors (Lipinski definition) is 15. The van der Waals surface area contributed by atoms with Gasteiger partial charge in [-0.05, 0) is 137 Å². The number of nitro groups is 1. The lowest BCUT2D eigenvalue weighted by Gasteiger charge is -2.58. The number of hydrogen-bond donors (Lipinski definition) is 3. The van der Waals surface area contributed by atoms with Crippen molar-refractivity contribution in [2.24, 2.45) is 11.3 Å². The van der Waals surface area contributed by atoms with Crippen LogP contribution in [0.25, 0.3) is 11.0 Å². The minimum atomic E-state index is -4.64. The van der Waals surface area contributed by atoms with Gasteiger partial charge in [0.05, 0.1) is 50.9 Å². The van der Waals surface area contributed by atoms with E-state index >= 15 is 0 Å². The number of para-hydroxylation sites is 1. The highest BCUT2D eigenvalue weighted by molar-refractivity contribution is 7.90. The lowest BCUT2D eigenvalue weighted by Crippen LogP contribution is -2.60. The van der Waals surface area contributed by atoms with E-state index in [0.29, 0.717) is 68.3 Å². The maximum atomic E-state index is 14.8. The Bertz CT molecular complexity index is 3380. The summed E-state index contributed by atoms with van der Waals surface area (Å²) >= 11 is 6.11. The van der Waals surface area contributed by atoms with Gasteiger partial charge in [0.2, 0.25) is 5.88 Å². The second-order valence-corrected chi connectivity index (χ2v) is 24.3. The summed E-state index contributed by atoms with van der Waals surface area (Å²) in [6.07, 6.45) is 7.49. The van der Waals surface area contributed by atoms with Crippen LogP contribution in [0, 0.1) is 27.3 Å². The molecule has 3 N–H and O–H groups in total. The number of carbonyl (C=O) groups is 1. The number of H-pyrrole nitrogens is 1. The second-order valence-electron chi connectivity index (χ2n) is 22.2. The van der Waals surface area contributed by atoms with Crippen LogP contribution < -0.4 is 34.2 Å². The van der Waals surface area contributed by atoms with Crippen molar-refractivity contribution < 1.29 is 41.5 Å². The predicted molar refractivity (Wildman–Crippen MR) is 300 cm³/mol. The molecule has 4 saturated heterocycles. The van der Waals surface area contributed by atoms with Gasteiger partial charge < -0.3 is 43.9 Å². The Kier molecular flexibility index (Phi) is 14.6. The summed E-state index contributed by atoms with van der Waals surface area (Å²) in [7, 11) is -4.64. The Hall–Kier alpha value is -6.71. The summed E-state index contributed by atoms with van der Waals surface area (Å²) in [6.45, 7) is 10.2. The number of piperidine rings is 1. The number of nitrogens with one attached hydrogen (secondary N) is 3. The number of aromatic nitrogens is 2. The summed E-state index contributed by atoms with van der Waals surface area (Å²) in [5.74, 6) is 0.131. The average Bonchev–Trinajstić information content (AvgIpc) is 4.07. The first-order chi connectivity index (χ1) is 38.2. The first kappa shape index (κ1) is 53.0. The largest absolute Gasteiger partial charge is 0.491 e. The number of nitro benzene ring substituents is 1. The fourth-order valence-corrected chi connectivity index (χ4v) is 13.9. The van der Waals surface area contributed by atoms with Crippen molar-refractivity contribution in [1.82, 2.24) is 19.6 Å². The van der Waals surface area contributed by atoms with E-state index in [4.69, 9.17) is 35.5 Å². The predicted octanol–water partition coefficient (Wildman–Crippen LogP) is 10.0. The molecule has 1 saturated carbocycles. The highest BCUT2D eigenvalue weighted by Crippen LogP contribution is 2.54. The van der Waals surface area contributed by atoms with Crippen LogP contribution in [-0.2, 0) is 19.5 Å². The Morgan fingerprint density at radius 1 is 0.924 bits per heavy atom. The Balaban J connectivity index is 0.814. The highest BCUT2D eigenvalue weighted by Gasteiger charge is 2.51. The summed E-state index contributed by atoms with van der Waals surface area (Å²) in [5.41, 5.74) is 4.52. The molecule has 6 aromatic rings. The molecule has 0 unspecified atom stereocenters. The first-order valence-electron chi connectivity index (χ1n) is 27.5. The standard InChI is InChI=1S/C58H65ClFN9O9S/c1-36(2)77-53-6-4-3-5-43(53)52-34-66(39-8-11-45(59)46(60)28-39)22-23-67(52)41-31-58(32-41)17-20-65(21-18-58)40-7-10-44(49(29-40)68-48-16-26-76-35-54(48)78-57-51(68)27-38-13-19-61-55(38)63-57)56(70)64-79(73,74)42-9-12-47(50(30-42)69(71)72)62-33-37-14-24-75-25-15-37/h3-13,19,27-30,36-37,41,48,52,54,62H,14-18,20-26,31-35H2,1-2H3,(H,61,63)(H,64,70)/t48-,52+,54-/m0/s1. The number of rotatable bonds is 14. The molecule has 416 valence electrons. The van der Waals surface area contributed by atoms with E-state index in [2.05, 4.69) is 46.8 Å². The maximum absolute atomic E-state index is 14.8. The number of piperazine rings is 1. The molecule has 4 aromatic carbocycles. The van der Waals surface area contributed by atoms with Gasteiger partial charge in [0.15, 0.2) is 0 Å². The fourth-order valence-electron chi connectivity index (χ4n) is 12.8.